The molecule has 1 aromatic heterocycles. The van der Waals surface area contributed by atoms with E-state index in [0.29, 0.717) is 43.9 Å². The van der Waals surface area contributed by atoms with E-state index >= 15 is 0 Å². The van der Waals surface area contributed by atoms with Crippen molar-refractivity contribution in [3.8, 4) is 11.1 Å². The van der Waals surface area contributed by atoms with Crippen LogP contribution in [0, 0.1) is 0 Å². The Balaban J connectivity index is 1.23. The second-order valence-corrected chi connectivity index (χ2v) is 14.1. The first-order valence-corrected chi connectivity index (χ1v) is 16.4. The highest BCUT2D eigenvalue weighted by molar-refractivity contribution is 5.79. The van der Waals surface area contributed by atoms with Gasteiger partial charge in [0, 0.05) is 18.9 Å². The van der Waals surface area contributed by atoms with E-state index in [0.717, 1.165) is 16.7 Å². The third-order valence-electron chi connectivity index (χ3n) is 8.19. The standard InChI is InChI=1S/C38H46N4O5/c1-37(2,3)26-20-18-25(19-21-26)23-33-41-34(47-42-33)32(17-11-12-22-39-35(43)46-38(4,5)6)40-36(44)45-24-31-29-15-9-7-13-27(29)28-14-8-10-16-30(28)31/h7-10,13-16,18-21,31-32H,11-12,17,22-24H2,1-6H3,(H,39,43)(H,40,44). The van der Waals surface area contributed by atoms with Gasteiger partial charge in [-0.05, 0) is 78.8 Å². The van der Waals surface area contributed by atoms with E-state index in [9.17, 15) is 9.59 Å². The average molecular weight is 639 g/mol. The normalized spacial score (nSPS) is 13.4. The molecule has 1 unspecified atom stereocenters. The number of alkyl carbamates (subject to hydrolysis) is 2. The van der Waals surface area contributed by atoms with Crippen LogP contribution in [0.4, 0.5) is 9.59 Å². The van der Waals surface area contributed by atoms with Gasteiger partial charge in [-0.25, -0.2) is 9.59 Å². The van der Waals surface area contributed by atoms with Gasteiger partial charge in [0.2, 0.25) is 5.89 Å². The summed E-state index contributed by atoms with van der Waals surface area (Å²) in [6.45, 7) is 12.7. The molecule has 0 spiro atoms. The van der Waals surface area contributed by atoms with Gasteiger partial charge in [-0.1, -0.05) is 98.7 Å². The van der Waals surface area contributed by atoms with Gasteiger partial charge in [0.15, 0.2) is 5.82 Å². The molecule has 1 heterocycles. The lowest BCUT2D eigenvalue weighted by atomic mass is 9.86. The number of hydrogen-bond acceptors (Lipinski definition) is 7. The molecule has 0 saturated carbocycles. The monoisotopic (exact) mass is 638 g/mol. The molecule has 0 bridgehead atoms. The molecule has 2 N–H and O–H groups in total. The summed E-state index contributed by atoms with van der Waals surface area (Å²) >= 11 is 0. The van der Waals surface area contributed by atoms with Crippen LogP contribution in [-0.2, 0) is 21.3 Å². The molecular formula is C38H46N4O5. The van der Waals surface area contributed by atoms with E-state index in [1.165, 1.54) is 16.7 Å². The number of benzene rings is 3. The van der Waals surface area contributed by atoms with Crippen LogP contribution in [0.3, 0.4) is 0 Å². The molecule has 9 heteroatoms. The predicted octanol–water partition coefficient (Wildman–Crippen LogP) is 8.23. The molecule has 0 radical (unpaired) electrons. The molecule has 5 rings (SSSR count). The minimum absolute atomic E-state index is 0.0507. The molecule has 47 heavy (non-hydrogen) atoms. The summed E-state index contributed by atoms with van der Waals surface area (Å²) in [6.07, 6.45) is 1.36. The van der Waals surface area contributed by atoms with E-state index in [4.69, 9.17) is 14.0 Å². The second-order valence-electron chi connectivity index (χ2n) is 14.1. The van der Waals surface area contributed by atoms with Gasteiger partial charge < -0.3 is 24.6 Å². The van der Waals surface area contributed by atoms with Crippen LogP contribution in [0.2, 0.25) is 0 Å². The Labute approximate surface area is 277 Å². The lowest BCUT2D eigenvalue weighted by molar-refractivity contribution is 0.0527. The highest BCUT2D eigenvalue weighted by Crippen LogP contribution is 2.44. The van der Waals surface area contributed by atoms with Gasteiger partial charge in [0.1, 0.15) is 18.2 Å². The Kier molecular flexibility index (Phi) is 10.3. The fraction of sp³-hybridized carbons (Fsp3) is 0.421. The molecule has 1 aliphatic rings. The Hall–Kier alpha value is -4.66. The first-order chi connectivity index (χ1) is 22.4. The first-order valence-electron chi connectivity index (χ1n) is 16.4. The largest absolute Gasteiger partial charge is 0.449 e. The molecule has 248 valence electrons. The van der Waals surface area contributed by atoms with Gasteiger partial charge in [0.05, 0.1) is 0 Å². The number of nitrogens with one attached hydrogen (secondary N) is 2. The van der Waals surface area contributed by atoms with E-state index in [1.54, 1.807) is 0 Å². The Bertz CT molecular complexity index is 1620. The maximum Gasteiger partial charge on any atom is 0.407 e. The topological polar surface area (TPSA) is 116 Å². The predicted molar refractivity (Wildman–Crippen MR) is 181 cm³/mol. The molecule has 9 nitrogen and oxygen atoms in total. The van der Waals surface area contributed by atoms with Gasteiger partial charge in [0.25, 0.3) is 0 Å². The number of carbonyl (C=O) groups excluding carboxylic acids is 2. The molecule has 2 amide bonds. The zero-order valence-electron chi connectivity index (χ0n) is 28.3. The Morgan fingerprint density at radius 1 is 0.851 bits per heavy atom. The minimum Gasteiger partial charge on any atom is -0.449 e. The third-order valence-corrected chi connectivity index (χ3v) is 8.19. The summed E-state index contributed by atoms with van der Waals surface area (Å²) in [5.41, 5.74) is 6.45. The van der Waals surface area contributed by atoms with Gasteiger partial charge in [-0.2, -0.15) is 4.98 Å². The van der Waals surface area contributed by atoms with Crippen molar-refractivity contribution in [1.82, 2.24) is 20.8 Å². The number of aromatic nitrogens is 2. The van der Waals surface area contributed by atoms with Crippen molar-refractivity contribution in [1.29, 1.82) is 0 Å². The number of hydrogen-bond donors (Lipinski definition) is 2. The van der Waals surface area contributed by atoms with Crippen LogP contribution in [0.15, 0.2) is 77.3 Å². The van der Waals surface area contributed by atoms with Crippen LogP contribution in [-0.4, -0.2) is 41.1 Å². The van der Waals surface area contributed by atoms with E-state index in [1.807, 2.05) is 45.0 Å². The van der Waals surface area contributed by atoms with Crippen molar-refractivity contribution in [3.63, 3.8) is 0 Å². The van der Waals surface area contributed by atoms with Crippen LogP contribution < -0.4 is 10.6 Å². The number of rotatable bonds is 11. The lowest BCUT2D eigenvalue weighted by Gasteiger charge is -2.20. The summed E-state index contributed by atoms with van der Waals surface area (Å²) in [5.74, 6) is 0.805. The number of ether oxygens (including phenoxy) is 2. The molecule has 0 saturated heterocycles. The number of unbranched alkanes of at least 4 members (excludes halogenated alkanes) is 1. The van der Waals surface area contributed by atoms with Crippen LogP contribution in [0.5, 0.6) is 0 Å². The maximum absolute atomic E-state index is 13.2. The fourth-order valence-corrected chi connectivity index (χ4v) is 5.80. The smallest absolute Gasteiger partial charge is 0.407 e. The van der Waals surface area contributed by atoms with Gasteiger partial charge >= 0.3 is 12.2 Å². The number of nitrogens with zero attached hydrogens (tertiary/aromatic N) is 2. The molecule has 1 aliphatic carbocycles. The summed E-state index contributed by atoms with van der Waals surface area (Å²) < 4.78 is 16.8. The van der Waals surface area contributed by atoms with E-state index in [2.05, 4.69) is 90.1 Å². The quantitative estimate of drug-likeness (QED) is 0.159. The molecule has 0 fully saturated rings. The third kappa shape index (κ3) is 8.99. The van der Waals surface area contributed by atoms with Gasteiger partial charge in [-0.3, -0.25) is 0 Å². The summed E-state index contributed by atoms with van der Waals surface area (Å²) in [7, 11) is 0. The zero-order valence-corrected chi connectivity index (χ0v) is 28.3. The number of amides is 2. The number of fused-ring (bicyclic) bond motifs is 3. The van der Waals surface area contributed by atoms with E-state index < -0.39 is 23.8 Å². The SMILES string of the molecule is CC(C)(C)OC(=O)NCCCCC(NC(=O)OCC1c2ccccc2-c2ccccc21)c1nc(Cc2ccc(C(C)(C)C)cc2)no1. The first kappa shape index (κ1) is 33.7. The summed E-state index contributed by atoms with van der Waals surface area (Å²) in [4.78, 5) is 29.9. The van der Waals surface area contributed by atoms with Crippen molar-refractivity contribution in [2.45, 2.75) is 90.2 Å². The maximum atomic E-state index is 13.2. The van der Waals surface area contributed by atoms with E-state index in [-0.39, 0.29) is 17.9 Å². The van der Waals surface area contributed by atoms with Crippen molar-refractivity contribution in [2.24, 2.45) is 0 Å². The van der Waals surface area contributed by atoms with Crippen LogP contribution >= 0.6 is 0 Å². The fourth-order valence-electron chi connectivity index (χ4n) is 5.80. The van der Waals surface area contributed by atoms with Crippen LogP contribution in [0.25, 0.3) is 11.1 Å². The highest BCUT2D eigenvalue weighted by Gasteiger charge is 2.30. The molecule has 0 aliphatic heterocycles. The Morgan fingerprint density at radius 2 is 1.49 bits per heavy atom. The van der Waals surface area contributed by atoms with Crippen LogP contribution in [0.1, 0.15) is 107 Å². The van der Waals surface area contributed by atoms with Gasteiger partial charge in [-0.15, -0.1) is 0 Å². The molecule has 3 aromatic carbocycles. The summed E-state index contributed by atoms with van der Waals surface area (Å²) in [5, 5.41) is 9.97. The second kappa shape index (κ2) is 14.4. The van der Waals surface area contributed by atoms with Crippen molar-refractivity contribution >= 4 is 12.2 Å². The van der Waals surface area contributed by atoms with Crippen molar-refractivity contribution in [3.05, 3.63) is 107 Å². The van der Waals surface area contributed by atoms with Crippen molar-refractivity contribution < 1.29 is 23.6 Å². The molecule has 4 aromatic rings. The number of carbonyl (C=O) groups is 2. The average Bonchev–Trinajstić information content (AvgIpc) is 3.61. The Morgan fingerprint density at radius 3 is 2.11 bits per heavy atom. The summed E-state index contributed by atoms with van der Waals surface area (Å²) in [6, 6.07) is 24.3. The highest BCUT2D eigenvalue weighted by atomic mass is 16.6. The minimum atomic E-state index is -0.563. The lowest BCUT2D eigenvalue weighted by Crippen LogP contribution is -2.33. The molecule has 1 atom stereocenters. The molecular weight excluding hydrogens is 592 g/mol. The van der Waals surface area contributed by atoms with Crippen molar-refractivity contribution in [2.75, 3.05) is 13.2 Å². The zero-order chi connectivity index (χ0) is 33.6.